The average Bonchev–Trinajstić information content (AvgIpc) is 3.39. The molecule has 30 heavy (non-hydrogen) atoms. The predicted molar refractivity (Wildman–Crippen MR) is 113 cm³/mol. The maximum atomic E-state index is 11.7. The molecular weight excluding hydrogens is 382 g/mol. The van der Waals surface area contributed by atoms with Crippen LogP contribution < -0.4 is 10.2 Å². The summed E-state index contributed by atoms with van der Waals surface area (Å²) >= 11 is 0. The van der Waals surface area contributed by atoms with Gasteiger partial charge in [0.25, 0.3) is 0 Å². The number of carbonyl (C=O) groups is 1. The highest BCUT2D eigenvalue weighted by Crippen LogP contribution is 2.37. The summed E-state index contributed by atoms with van der Waals surface area (Å²) < 4.78 is 16.1. The molecule has 1 amide bonds. The van der Waals surface area contributed by atoms with Gasteiger partial charge >= 0.3 is 6.09 Å². The van der Waals surface area contributed by atoms with Crippen molar-refractivity contribution in [3.8, 4) is 11.1 Å². The van der Waals surface area contributed by atoms with Crippen LogP contribution in [0.4, 0.5) is 10.7 Å². The second kappa shape index (κ2) is 8.32. The highest BCUT2D eigenvalue weighted by Gasteiger charge is 2.29. The summed E-state index contributed by atoms with van der Waals surface area (Å²) in [6.07, 6.45) is 2.60. The number of alkyl carbamates (subject to hydrolysis) is 1. The first kappa shape index (κ1) is 19.6. The van der Waals surface area contributed by atoms with Crippen LogP contribution in [0.15, 0.2) is 65.5 Å². The number of amides is 1. The van der Waals surface area contributed by atoms with Gasteiger partial charge in [-0.25, -0.2) is 4.79 Å². The molecule has 0 saturated heterocycles. The molecule has 2 aromatic carbocycles. The van der Waals surface area contributed by atoms with E-state index >= 15 is 0 Å². The number of carbonyl (C=O) groups excluding carboxylic acids is 1. The first-order valence-electron chi connectivity index (χ1n) is 9.62. The van der Waals surface area contributed by atoms with Crippen LogP contribution in [-0.2, 0) is 16.0 Å². The quantitative estimate of drug-likeness (QED) is 0.656. The van der Waals surface area contributed by atoms with E-state index in [4.69, 9.17) is 14.0 Å². The number of aryl methyl sites for hydroxylation is 1. The van der Waals surface area contributed by atoms with Gasteiger partial charge in [-0.05, 0) is 36.6 Å². The number of benzene rings is 2. The van der Waals surface area contributed by atoms with Crippen LogP contribution in [0.2, 0.25) is 0 Å². The summed E-state index contributed by atoms with van der Waals surface area (Å²) in [5, 5.41) is 6.82. The number of nitrogens with zero attached hydrogens (tertiary/aromatic N) is 2. The summed E-state index contributed by atoms with van der Waals surface area (Å²) in [5.74, 6) is 0.646. The van der Waals surface area contributed by atoms with E-state index in [-0.39, 0.29) is 0 Å². The van der Waals surface area contributed by atoms with E-state index in [1.54, 1.807) is 6.26 Å². The Morgan fingerprint density at radius 2 is 2.00 bits per heavy atom. The van der Waals surface area contributed by atoms with Crippen LogP contribution in [0.1, 0.15) is 28.6 Å². The molecule has 7 heteroatoms. The fourth-order valence-corrected chi connectivity index (χ4v) is 3.43. The van der Waals surface area contributed by atoms with Crippen molar-refractivity contribution in [3.05, 3.63) is 83.4 Å². The van der Waals surface area contributed by atoms with Crippen LogP contribution in [0, 0.1) is 13.8 Å². The predicted octanol–water partition coefficient (Wildman–Crippen LogP) is 4.82. The van der Waals surface area contributed by atoms with Gasteiger partial charge in [-0.1, -0.05) is 47.6 Å². The summed E-state index contributed by atoms with van der Waals surface area (Å²) in [6, 6.07) is 16.1. The van der Waals surface area contributed by atoms with Crippen LogP contribution in [-0.4, -0.2) is 18.4 Å². The lowest BCUT2D eigenvalue weighted by Gasteiger charge is -2.23. The van der Waals surface area contributed by atoms with Gasteiger partial charge in [0, 0.05) is 23.9 Å². The highest BCUT2D eigenvalue weighted by molar-refractivity contribution is 5.71. The molecule has 4 rings (SSSR count). The van der Waals surface area contributed by atoms with Crippen LogP contribution >= 0.6 is 0 Å². The van der Waals surface area contributed by atoms with Gasteiger partial charge in [-0.2, -0.15) is 0 Å². The minimum absolute atomic E-state index is 0.325. The zero-order valence-corrected chi connectivity index (χ0v) is 17.1. The van der Waals surface area contributed by atoms with Crippen molar-refractivity contribution >= 4 is 12.0 Å². The number of aromatic nitrogens is 1. The van der Waals surface area contributed by atoms with Crippen molar-refractivity contribution < 1.29 is 18.8 Å². The molecule has 1 aromatic heterocycles. The molecular formula is C23H23N3O4. The minimum Gasteiger partial charge on any atom is -0.472 e. The summed E-state index contributed by atoms with van der Waals surface area (Å²) in [6.45, 7) is 4.20. The molecule has 0 fully saturated rings. The van der Waals surface area contributed by atoms with Gasteiger partial charge in [0.1, 0.15) is 6.26 Å². The van der Waals surface area contributed by atoms with E-state index in [0.29, 0.717) is 12.4 Å². The average molecular weight is 405 g/mol. The van der Waals surface area contributed by atoms with Crippen LogP contribution in [0.3, 0.4) is 0 Å². The van der Waals surface area contributed by atoms with E-state index < -0.39 is 12.3 Å². The second-order valence-corrected chi connectivity index (χ2v) is 7.01. The smallest absolute Gasteiger partial charge is 0.407 e. The summed E-state index contributed by atoms with van der Waals surface area (Å²) in [7, 11) is 1.35. The molecule has 3 aromatic rings. The molecule has 1 N–H and O–H groups in total. The largest absolute Gasteiger partial charge is 0.472 e. The van der Waals surface area contributed by atoms with Crippen LogP contribution in [0.25, 0.3) is 11.1 Å². The van der Waals surface area contributed by atoms with Crippen LogP contribution in [0.5, 0.6) is 0 Å². The summed E-state index contributed by atoms with van der Waals surface area (Å²) in [5.41, 5.74) is 5.77. The van der Waals surface area contributed by atoms with E-state index in [1.165, 1.54) is 7.11 Å². The number of rotatable bonds is 5. The lowest BCUT2D eigenvalue weighted by Crippen LogP contribution is -2.23. The van der Waals surface area contributed by atoms with Gasteiger partial charge in [-0.15, -0.1) is 0 Å². The fraction of sp³-hybridized carbons (Fsp3) is 0.217. The molecule has 0 aliphatic carbocycles. The van der Waals surface area contributed by atoms with Gasteiger partial charge in [0.2, 0.25) is 12.1 Å². The molecule has 0 bridgehead atoms. The molecule has 2 heterocycles. The van der Waals surface area contributed by atoms with Gasteiger partial charge in [0.15, 0.2) is 0 Å². The molecule has 0 radical (unpaired) electrons. The summed E-state index contributed by atoms with van der Waals surface area (Å²) in [4.78, 5) is 13.6. The van der Waals surface area contributed by atoms with Crippen molar-refractivity contribution in [2.45, 2.75) is 26.6 Å². The number of methoxy groups -OCH3 is 1. The fourth-order valence-electron chi connectivity index (χ4n) is 3.43. The molecule has 1 unspecified atom stereocenters. The maximum absolute atomic E-state index is 11.7. The number of anilines is 1. The molecule has 1 aliphatic rings. The van der Waals surface area contributed by atoms with Gasteiger partial charge < -0.3 is 19.3 Å². The first-order chi connectivity index (χ1) is 14.6. The van der Waals surface area contributed by atoms with Gasteiger partial charge in [-0.3, -0.25) is 4.90 Å². The lowest BCUT2D eigenvalue weighted by atomic mass is 9.96. The highest BCUT2D eigenvalue weighted by atomic mass is 16.5. The molecule has 0 spiro atoms. The second-order valence-electron chi connectivity index (χ2n) is 7.01. The Bertz CT molecular complexity index is 1080. The Kier molecular flexibility index (Phi) is 5.43. The third-order valence-corrected chi connectivity index (χ3v) is 5.16. The van der Waals surface area contributed by atoms with E-state index in [9.17, 15) is 4.79 Å². The molecule has 1 aliphatic heterocycles. The van der Waals surface area contributed by atoms with E-state index in [1.807, 2.05) is 73.5 Å². The SMILES string of the molecule is COC(=O)NCc1cc(C2OC=CN2c2onc(C)c2C)ccc1-c1ccccc1. The van der Waals surface area contributed by atoms with Crippen molar-refractivity contribution in [1.82, 2.24) is 10.5 Å². The molecule has 154 valence electrons. The first-order valence-corrected chi connectivity index (χ1v) is 9.62. The zero-order chi connectivity index (χ0) is 21.1. The maximum Gasteiger partial charge on any atom is 0.407 e. The molecule has 1 atom stereocenters. The third-order valence-electron chi connectivity index (χ3n) is 5.16. The molecule has 7 nitrogen and oxygen atoms in total. The number of nitrogens with one attached hydrogen (secondary N) is 1. The van der Waals surface area contributed by atoms with Crippen molar-refractivity contribution in [1.29, 1.82) is 0 Å². The number of hydrogen-bond donors (Lipinski definition) is 1. The Morgan fingerprint density at radius 3 is 2.70 bits per heavy atom. The number of hydrogen-bond acceptors (Lipinski definition) is 6. The topological polar surface area (TPSA) is 76.8 Å². The Hall–Kier alpha value is -3.74. The minimum atomic E-state index is -0.479. The van der Waals surface area contributed by atoms with Crippen molar-refractivity contribution in [2.75, 3.05) is 12.0 Å². The Balaban J connectivity index is 1.70. The lowest BCUT2D eigenvalue weighted by molar-refractivity contribution is 0.169. The normalized spacial score (nSPS) is 15.2. The third kappa shape index (κ3) is 3.74. The molecule has 0 saturated carbocycles. The zero-order valence-electron chi connectivity index (χ0n) is 17.1. The standard InChI is InChI=1S/C23H23N3O4/c1-15-16(2)25-30-21(15)26-11-12-29-22(26)18-9-10-20(17-7-5-4-6-8-17)19(13-18)14-24-23(27)28-3/h4-13,22H,14H2,1-3H3,(H,24,27). The van der Waals surface area contributed by atoms with Crippen molar-refractivity contribution in [3.63, 3.8) is 0 Å². The van der Waals surface area contributed by atoms with Gasteiger partial charge in [0.05, 0.1) is 12.8 Å². The van der Waals surface area contributed by atoms with E-state index in [2.05, 4.69) is 10.5 Å². The Morgan fingerprint density at radius 1 is 1.20 bits per heavy atom. The van der Waals surface area contributed by atoms with Crippen molar-refractivity contribution in [2.24, 2.45) is 0 Å². The monoisotopic (exact) mass is 405 g/mol. The van der Waals surface area contributed by atoms with E-state index in [0.717, 1.165) is 33.5 Å². The number of ether oxygens (including phenoxy) is 2. The Labute approximate surface area is 174 Å².